The molecule has 1 atom stereocenters. The van der Waals surface area contributed by atoms with E-state index in [1.54, 1.807) is 7.11 Å². The van der Waals surface area contributed by atoms with Gasteiger partial charge < -0.3 is 20.9 Å². The summed E-state index contributed by atoms with van der Waals surface area (Å²) in [6.07, 6.45) is 1.81. The van der Waals surface area contributed by atoms with Crippen LogP contribution < -0.4 is 20.9 Å². The fourth-order valence-corrected chi connectivity index (χ4v) is 1.69. The molecule has 0 fully saturated rings. The van der Waals surface area contributed by atoms with Crippen LogP contribution in [0.15, 0.2) is 18.2 Å². The number of benzene rings is 1. The first-order chi connectivity index (χ1) is 8.22. The molecule has 0 aliphatic carbocycles. The highest BCUT2D eigenvalue weighted by atomic mass is 16.5. The summed E-state index contributed by atoms with van der Waals surface area (Å²) in [6, 6.07) is 5.82. The predicted octanol–water partition coefficient (Wildman–Crippen LogP) is 1.83. The van der Waals surface area contributed by atoms with E-state index >= 15 is 0 Å². The number of hydrogen-bond acceptors (Lipinski definition) is 4. The Labute approximate surface area is 103 Å². The van der Waals surface area contributed by atoms with Crippen molar-refractivity contribution in [2.75, 3.05) is 20.3 Å². The molecule has 4 nitrogen and oxygen atoms in total. The second-order valence-corrected chi connectivity index (χ2v) is 3.88. The third kappa shape index (κ3) is 3.91. The largest absolute Gasteiger partial charge is 0.493 e. The van der Waals surface area contributed by atoms with E-state index in [0.29, 0.717) is 13.2 Å². The topological polar surface area (TPSA) is 70.5 Å². The summed E-state index contributed by atoms with van der Waals surface area (Å²) in [5.41, 5.74) is 12.6. The molecule has 0 aliphatic heterocycles. The van der Waals surface area contributed by atoms with Gasteiger partial charge in [0.2, 0.25) is 0 Å². The molecule has 1 aromatic carbocycles. The van der Waals surface area contributed by atoms with Crippen molar-refractivity contribution in [2.45, 2.75) is 25.8 Å². The maximum atomic E-state index is 6.08. The normalized spacial score (nSPS) is 12.2. The van der Waals surface area contributed by atoms with Crippen LogP contribution in [0.4, 0.5) is 0 Å². The third-order valence-electron chi connectivity index (χ3n) is 2.63. The molecule has 0 radical (unpaired) electrons. The van der Waals surface area contributed by atoms with E-state index in [-0.39, 0.29) is 6.04 Å². The molecule has 0 amide bonds. The molecule has 0 aliphatic rings. The highest BCUT2D eigenvalue weighted by Crippen LogP contribution is 2.30. The summed E-state index contributed by atoms with van der Waals surface area (Å²) >= 11 is 0. The minimum atomic E-state index is 0.00289. The van der Waals surface area contributed by atoms with E-state index in [2.05, 4.69) is 0 Å². The molecule has 0 unspecified atom stereocenters. The Bertz CT molecular complexity index is 342. The lowest BCUT2D eigenvalue weighted by atomic mass is 10.0. The maximum Gasteiger partial charge on any atom is 0.161 e. The first kappa shape index (κ1) is 13.8. The molecule has 17 heavy (non-hydrogen) atoms. The Morgan fingerprint density at radius 2 is 2.06 bits per heavy atom. The van der Waals surface area contributed by atoms with Gasteiger partial charge in [-0.3, -0.25) is 0 Å². The van der Waals surface area contributed by atoms with Gasteiger partial charge in [-0.2, -0.15) is 0 Å². The summed E-state index contributed by atoms with van der Waals surface area (Å²) in [5, 5.41) is 0. The Hall–Kier alpha value is -1.26. The Kier molecular flexibility index (Phi) is 5.80. The minimum Gasteiger partial charge on any atom is -0.493 e. The van der Waals surface area contributed by atoms with Crippen molar-refractivity contribution >= 4 is 0 Å². The van der Waals surface area contributed by atoms with E-state index in [0.717, 1.165) is 29.9 Å². The Balaban J connectivity index is 2.80. The fraction of sp³-hybridized carbons (Fsp3) is 0.538. The van der Waals surface area contributed by atoms with E-state index in [9.17, 15) is 0 Å². The van der Waals surface area contributed by atoms with Crippen LogP contribution in [-0.2, 0) is 0 Å². The lowest BCUT2D eigenvalue weighted by Gasteiger charge is -2.15. The van der Waals surface area contributed by atoms with Gasteiger partial charge in [0.05, 0.1) is 13.7 Å². The smallest absolute Gasteiger partial charge is 0.161 e. The molecule has 1 rings (SSSR count). The number of ether oxygens (including phenoxy) is 2. The van der Waals surface area contributed by atoms with E-state index in [4.69, 9.17) is 20.9 Å². The van der Waals surface area contributed by atoms with Gasteiger partial charge in [-0.15, -0.1) is 0 Å². The van der Waals surface area contributed by atoms with E-state index in [1.807, 2.05) is 25.1 Å². The van der Waals surface area contributed by atoms with Crippen molar-refractivity contribution in [1.29, 1.82) is 0 Å². The molecule has 0 heterocycles. The van der Waals surface area contributed by atoms with Crippen molar-refractivity contribution < 1.29 is 9.47 Å². The zero-order valence-corrected chi connectivity index (χ0v) is 10.6. The number of nitrogens with two attached hydrogens (primary N) is 2. The fourth-order valence-electron chi connectivity index (χ4n) is 1.69. The molecule has 0 saturated heterocycles. The molecule has 0 aromatic heterocycles. The first-order valence-electron chi connectivity index (χ1n) is 5.99. The quantitative estimate of drug-likeness (QED) is 0.760. The Morgan fingerprint density at radius 1 is 1.29 bits per heavy atom. The lowest BCUT2D eigenvalue weighted by Crippen LogP contribution is -2.12. The van der Waals surface area contributed by atoms with E-state index in [1.165, 1.54) is 0 Å². The molecule has 4 heteroatoms. The van der Waals surface area contributed by atoms with Crippen LogP contribution in [0.3, 0.4) is 0 Å². The van der Waals surface area contributed by atoms with Crippen molar-refractivity contribution in [3.8, 4) is 11.5 Å². The highest BCUT2D eigenvalue weighted by Gasteiger charge is 2.10. The molecule has 0 saturated carbocycles. The Morgan fingerprint density at radius 3 is 2.65 bits per heavy atom. The van der Waals surface area contributed by atoms with Crippen LogP contribution in [-0.4, -0.2) is 20.3 Å². The summed E-state index contributed by atoms with van der Waals surface area (Å²) in [7, 11) is 1.63. The number of hydrogen-bond donors (Lipinski definition) is 2. The average Bonchev–Trinajstić information content (AvgIpc) is 2.36. The van der Waals surface area contributed by atoms with Crippen molar-refractivity contribution in [3.63, 3.8) is 0 Å². The van der Waals surface area contributed by atoms with Gasteiger partial charge in [0, 0.05) is 6.04 Å². The van der Waals surface area contributed by atoms with Crippen molar-refractivity contribution in [2.24, 2.45) is 11.5 Å². The van der Waals surface area contributed by atoms with Gasteiger partial charge in [0.25, 0.3) is 0 Å². The van der Waals surface area contributed by atoms with E-state index < -0.39 is 0 Å². The molecule has 0 bridgehead atoms. The van der Waals surface area contributed by atoms with Gasteiger partial charge >= 0.3 is 0 Å². The standard InChI is InChI=1S/C13H22N2O2/c1-3-17-12-7-6-10(9-13(12)16-2)11(15)5-4-8-14/h6-7,9,11H,3-5,8,14-15H2,1-2H3/t11-/m1/s1. The van der Waals surface area contributed by atoms with Crippen LogP contribution in [0, 0.1) is 0 Å². The van der Waals surface area contributed by atoms with Crippen molar-refractivity contribution in [3.05, 3.63) is 23.8 Å². The van der Waals surface area contributed by atoms with Gasteiger partial charge in [-0.1, -0.05) is 6.07 Å². The van der Waals surface area contributed by atoms with Crippen LogP contribution >= 0.6 is 0 Å². The third-order valence-corrected chi connectivity index (χ3v) is 2.63. The number of methoxy groups -OCH3 is 1. The van der Waals surface area contributed by atoms with Crippen LogP contribution in [0.5, 0.6) is 11.5 Å². The second-order valence-electron chi connectivity index (χ2n) is 3.88. The highest BCUT2D eigenvalue weighted by molar-refractivity contribution is 5.43. The molecule has 0 spiro atoms. The SMILES string of the molecule is CCOc1ccc([C@H](N)CCCN)cc1OC. The predicted molar refractivity (Wildman–Crippen MR) is 69.4 cm³/mol. The van der Waals surface area contributed by atoms with Crippen LogP contribution in [0.1, 0.15) is 31.4 Å². The zero-order valence-electron chi connectivity index (χ0n) is 10.6. The van der Waals surface area contributed by atoms with Gasteiger partial charge in [0.15, 0.2) is 11.5 Å². The number of rotatable bonds is 7. The molecule has 96 valence electrons. The monoisotopic (exact) mass is 238 g/mol. The summed E-state index contributed by atoms with van der Waals surface area (Å²) < 4.78 is 10.7. The zero-order chi connectivity index (χ0) is 12.7. The van der Waals surface area contributed by atoms with Crippen molar-refractivity contribution in [1.82, 2.24) is 0 Å². The molecular weight excluding hydrogens is 216 g/mol. The summed E-state index contributed by atoms with van der Waals surface area (Å²) in [5.74, 6) is 1.48. The lowest BCUT2D eigenvalue weighted by molar-refractivity contribution is 0.310. The summed E-state index contributed by atoms with van der Waals surface area (Å²) in [6.45, 7) is 3.23. The molecule has 4 N–H and O–H groups in total. The molecule has 1 aromatic rings. The van der Waals surface area contributed by atoms with Crippen LogP contribution in [0.25, 0.3) is 0 Å². The van der Waals surface area contributed by atoms with Gasteiger partial charge in [0.1, 0.15) is 0 Å². The minimum absolute atomic E-state index is 0.00289. The maximum absolute atomic E-state index is 6.08. The summed E-state index contributed by atoms with van der Waals surface area (Å²) in [4.78, 5) is 0. The van der Waals surface area contributed by atoms with Gasteiger partial charge in [-0.25, -0.2) is 0 Å². The first-order valence-corrected chi connectivity index (χ1v) is 5.99. The van der Waals surface area contributed by atoms with Crippen LogP contribution in [0.2, 0.25) is 0 Å². The molecular formula is C13H22N2O2. The second kappa shape index (κ2) is 7.14. The van der Waals surface area contributed by atoms with Gasteiger partial charge in [-0.05, 0) is 44.0 Å². The average molecular weight is 238 g/mol.